The number of nitrogens with zero attached hydrogens (tertiary/aromatic N) is 3. The van der Waals surface area contributed by atoms with Crippen LogP contribution in [0.2, 0.25) is 0 Å². The molecule has 0 aromatic rings. The lowest BCUT2D eigenvalue weighted by atomic mass is 10.1. The van der Waals surface area contributed by atoms with Crippen LogP contribution in [0.4, 0.5) is 0 Å². The molecular formula is C20H41N5O. The molecule has 0 amide bonds. The number of aliphatic imine (C=N–C) groups is 1. The van der Waals surface area contributed by atoms with Crippen LogP contribution in [-0.2, 0) is 4.74 Å². The molecule has 6 nitrogen and oxygen atoms in total. The average molecular weight is 368 g/mol. The van der Waals surface area contributed by atoms with Gasteiger partial charge in [0, 0.05) is 45.8 Å². The summed E-state index contributed by atoms with van der Waals surface area (Å²) in [7, 11) is 0. The van der Waals surface area contributed by atoms with Gasteiger partial charge in [-0.3, -0.25) is 9.89 Å². The maximum atomic E-state index is 6.05. The third-order valence-electron chi connectivity index (χ3n) is 5.49. The Morgan fingerprint density at radius 3 is 2.31 bits per heavy atom. The highest BCUT2D eigenvalue weighted by molar-refractivity contribution is 5.79. The van der Waals surface area contributed by atoms with Crippen LogP contribution in [-0.4, -0.2) is 87.4 Å². The second kappa shape index (κ2) is 13.3. The molecule has 1 saturated heterocycles. The van der Waals surface area contributed by atoms with Crippen LogP contribution in [0.5, 0.6) is 0 Å². The molecule has 0 aromatic heterocycles. The fraction of sp³-hybridized carbons (Fsp3) is 0.950. The van der Waals surface area contributed by atoms with Crippen molar-refractivity contribution in [2.24, 2.45) is 4.99 Å². The van der Waals surface area contributed by atoms with Crippen LogP contribution in [0.3, 0.4) is 0 Å². The van der Waals surface area contributed by atoms with Crippen molar-refractivity contribution in [1.29, 1.82) is 0 Å². The first-order valence-corrected chi connectivity index (χ1v) is 10.9. The number of rotatable bonds is 9. The first kappa shape index (κ1) is 21.5. The third-order valence-corrected chi connectivity index (χ3v) is 5.49. The van der Waals surface area contributed by atoms with Gasteiger partial charge in [0.25, 0.3) is 0 Å². The van der Waals surface area contributed by atoms with Crippen molar-refractivity contribution in [3.8, 4) is 0 Å². The second-order valence-electron chi connectivity index (χ2n) is 7.45. The Morgan fingerprint density at radius 1 is 0.962 bits per heavy atom. The standard InChI is InChI=1S/C20H41N5O/c1-3-21-20(22-11-13-25-16-14-24(4-2)15-17-25)23-12-18-26-19-9-7-5-6-8-10-19/h19H,3-18H2,1-2H3,(H2,21,22,23). The molecule has 0 unspecified atom stereocenters. The number of likely N-dealkylation sites (N-methyl/N-ethyl adjacent to an activating group) is 1. The highest BCUT2D eigenvalue weighted by Crippen LogP contribution is 2.19. The Balaban J connectivity index is 1.59. The van der Waals surface area contributed by atoms with Crippen molar-refractivity contribution in [3.63, 3.8) is 0 Å². The summed E-state index contributed by atoms with van der Waals surface area (Å²) >= 11 is 0. The molecule has 26 heavy (non-hydrogen) atoms. The molecule has 2 N–H and O–H groups in total. The minimum absolute atomic E-state index is 0.473. The van der Waals surface area contributed by atoms with Gasteiger partial charge < -0.3 is 20.3 Å². The second-order valence-corrected chi connectivity index (χ2v) is 7.45. The van der Waals surface area contributed by atoms with Crippen molar-refractivity contribution in [3.05, 3.63) is 0 Å². The van der Waals surface area contributed by atoms with Gasteiger partial charge in [0.1, 0.15) is 0 Å². The minimum atomic E-state index is 0.473. The maximum Gasteiger partial charge on any atom is 0.191 e. The quantitative estimate of drug-likeness (QED) is 0.282. The third kappa shape index (κ3) is 8.69. The molecule has 1 aliphatic carbocycles. The van der Waals surface area contributed by atoms with Crippen LogP contribution < -0.4 is 10.6 Å². The first-order chi connectivity index (χ1) is 12.8. The Bertz CT molecular complexity index is 374. The van der Waals surface area contributed by atoms with Gasteiger partial charge in [0.2, 0.25) is 0 Å². The molecule has 2 rings (SSSR count). The van der Waals surface area contributed by atoms with Crippen molar-refractivity contribution >= 4 is 5.96 Å². The Kier molecular flexibility index (Phi) is 11.0. The van der Waals surface area contributed by atoms with E-state index in [-0.39, 0.29) is 0 Å². The van der Waals surface area contributed by atoms with E-state index in [1.165, 1.54) is 71.2 Å². The van der Waals surface area contributed by atoms with Gasteiger partial charge in [0.15, 0.2) is 5.96 Å². The average Bonchev–Trinajstić information content (AvgIpc) is 2.94. The lowest BCUT2D eigenvalue weighted by Crippen LogP contribution is -2.47. The molecule has 152 valence electrons. The Labute approximate surface area is 160 Å². The number of ether oxygens (including phenoxy) is 1. The topological polar surface area (TPSA) is 52.1 Å². The highest BCUT2D eigenvalue weighted by Gasteiger charge is 2.15. The molecular weight excluding hydrogens is 326 g/mol. The molecule has 0 spiro atoms. The summed E-state index contributed by atoms with van der Waals surface area (Å²) in [5, 5.41) is 6.76. The number of hydrogen-bond acceptors (Lipinski definition) is 4. The summed E-state index contributed by atoms with van der Waals surface area (Å²) in [5.41, 5.74) is 0. The first-order valence-electron chi connectivity index (χ1n) is 10.9. The maximum absolute atomic E-state index is 6.05. The predicted octanol–water partition coefficient (Wildman–Crippen LogP) is 1.92. The van der Waals surface area contributed by atoms with Crippen molar-refractivity contribution < 1.29 is 4.74 Å². The fourth-order valence-corrected chi connectivity index (χ4v) is 3.78. The summed E-state index contributed by atoms with van der Waals surface area (Å²) in [6.45, 7) is 14.6. The van der Waals surface area contributed by atoms with Crippen LogP contribution >= 0.6 is 0 Å². The molecule has 1 aliphatic heterocycles. The Morgan fingerprint density at radius 2 is 1.65 bits per heavy atom. The van der Waals surface area contributed by atoms with Gasteiger partial charge in [-0.25, -0.2) is 0 Å². The molecule has 1 heterocycles. The van der Waals surface area contributed by atoms with E-state index in [1.54, 1.807) is 0 Å². The van der Waals surface area contributed by atoms with Gasteiger partial charge >= 0.3 is 0 Å². The molecule has 2 aliphatic rings. The number of piperazine rings is 1. The van der Waals surface area contributed by atoms with Gasteiger partial charge in [-0.15, -0.1) is 0 Å². The summed E-state index contributed by atoms with van der Waals surface area (Å²) in [6, 6.07) is 0. The number of nitrogens with one attached hydrogen (secondary N) is 2. The zero-order valence-corrected chi connectivity index (χ0v) is 17.1. The molecule has 1 saturated carbocycles. The van der Waals surface area contributed by atoms with E-state index >= 15 is 0 Å². The molecule has 6 heteroatoms. The summed E-state index contributed by atoms with van der Waals surface area (Å²) in [4.78, 5) is 9.77. The van der Waals surface area contributed by atoms with E-state index in [1.807, 2.05) is 0 Å². The zero-order valence-electron chi connectivity index (χ0n) is 17.1. The SMILES string of the molecule is CCNC(=NCCN1CCN(CC)CC1)NCCOC1CCCCCC1. The van der Waals surface area contributed by atoms with Gasteiger partial charge in [0.05, 0.1) is 19.3 Å². The molecule has 0 atom stereocenters. The van der Waals surface area contributed by atoms with E-state index in [2.05, 4.69) is 34.3 Å². The normalized spacial score (nSPS) is 21.5. The fourth-order valence-electron chi connectivity index (χ4n) is 3.78. The smallest absolute Gasteiger partial charge is 0.191 e. The summed E-state index contributed by atoms with van der Waals surface area (Å²) < 4.78 is 6.05. The van der Waals surface area contributed by atoms with E-state index in [4.69, 9.17) is 9.73 Å². The van der Waals surface area contributed by atoms with Crippen molar-refractivity contribution in [1.82, 2.24) is 20.4 Å². The van der Waals surface area contributed by atoms with Gasteiger partial charge in [-0.2, -0.15) is 0 Å². The summed E-state index contributed by atoms with van der Waals surface area (Å²) in [5.74, 6) is 0.921. The Hall–Kier alpha value is -0.850. The van der Waals surface area contributed by atoms with Gasteiger partial charge in [-0.1, -0.05) is 32.6 Å². The predicted molar refractivity (Wildman–Crippen MR) is 110 cm³/mol. The highest BCUT2D eigenvalue weighted by atomic mass is 16.5. The molecule has 0 bridgehead atoms. The molecule has 0 aromatic carbocycles. The lowest BCUT2D eigenvalue weighted by molar-refractivity contribution is 0.0468. The summed E-state index contributed by atoms with van der Waals surface area (Å²) in [6.07, 6.45) is 8.36. The monoisotopic (exact) mass is 367 g/mol. The zero-order chi connectivity index (χ0) is 18.5. The van der Waals surface area contributed by atoms with E-state index in [9.17, 15) is 0 Å². The molecule has 2 fully saturated rings. The van der Waals surface area contributed by atoms with Crippen LogP contribution in [0.1, 0.15) is 52.4 Å². The largest absolute Gasteiger partial charge is 0.376 e. The minimum Gasteiger partial charge on any atom is -0.376 e. The van der Waals surface area contributed by atoms with Crippen LogP contribution in [0.15, 0.2) is 4.99 Å². The van der Waals surface area contributed by atoms with Crippen molar-refractivity contribution in [2.75, 3.05) is 65.5 Å². The number of hydrogen-bond donors (Lipinski definition) is 2. The van der Waals surface area contributed by atoms with Crippen LogP contribution in [0.25, 0.3) is 0 Å². The van der Waals surface area contributed by atoms with E-state index in [0.29, 0.717) is 6.10 Å². The van der Waals surface area contributed by atoms with Crippen LogP contribution in [0, 0.1) is 0 Å². The lowest BCUT2D eigenvalue weighted by Gasteiger charge is -2.33. The van der Waals surface area contributed by atoms with Crippen molar-refractivity contribution in [2.45, 2.75) is 58.5 Å². The molecule has 0 radical (unpaired) electrons. The van der Waals surface area contributed by atoms with E-state index < -0.39 is 0 Å². The van der Waals surface area contributed by atoms with Gasteiger partial charge in [-0.05, 0) is 26.3 Å². The van der Waals surface area contributed by atoms with E-state index in [0.717, 1.165) is 38.7 Å². The number of guanidine groups is 1.